The van der Waals surface area contributed by atoms with E-state index in [0.29, 0.717) is 17.1 Å². The molecule has 1 heterocycles. The number of hydrogen-bond donors (Lipinski definition) is 2. The van der Waals surface area contributed by atoms with Gasteiger partial charge in [0.2, 0.25) is 0 Å². The largest absolute Gasteiger partial charge is 0.338 e. The molecule has 0 atom stereocenters. The highest BCUT2D eigenvalue weighted by molar-refractivity contribution is 6.30. The first-order valence-electron chi connectivity index (χ1n) is 9.86. The molecule has 5 heteroatoms. The van der Waals surface area contributed by atoms with Crippen molar-refractivity contribution in [3.05, 3.63) is 34.9 Å². The molecule has 2 amide bonds. The average Bonchev–Trinajstić information content (AvgIpc) is 2.60. The highest BCUT2D eigenvalue weighted by Gasteiger charge is 2.26. The molecular formula is C21H34ClN3O. The first kappa shape index (κ1) is 21.0. The Kier molecular flexibility index (Phi) is 8.23. The average molecular weight is 380 g/mol. The molecule has 0 unspecified atom stereocenters. The first-order valence-corrected chi connectivity index (χ1v) is 10.2. The number of likely N-dealkylation sites (tertiary alicyclic amines) is 1. The summed E-state index contributed by atoms with van der Waals surface area (Å²) < 4.78 is 0. The van der Waals surface area contributed by atoms with Crippen molar-refractivity contribution in [2.24, 2.45) is 5.92 Å². The zero-order chi connectivity index (χ0) is 19.0. The van der Waals surface area contributed by atoms with Crippen molar-refractivity contribution in [3.63, 3.8) is 0 Å². The van der Waals surface area contributed by atoms with E-state index >= 15 is 0 Å². The van der Waals surface area contributed by atoms with Crippen LogP contribution in [0.15, 0.2) is 24.3 Å². The van der Waals surface area contributed by atoms with Crippen LogP contribution in [0, 0.1) is 5.92 Å². The normalized spacial score (nSPS) is 16.5. The SMILES string of the molecule is CC(C)(C)N1CCC(CCCCNC(=O)NCc2ccc(Cl)cc2)CC1. The number of halogens is 1. The molecular weight excluding hydrogens is 346 g/mol. The number of rotatable bonds is 7. The van der Waals surface area contributed by atoms with Crippen molar-refractivity contribution in [1.82, 2.24) is 15.5 Å². The summed E-state index contributed by atoms with van der Waals surface area (Å²) in [6.45, 7) is 10.6. The Morgan fingerprint density at radius 1 is 1.12 bits per heavy atom. The Morgan fingerprint density at radius 3 is 2.38 bits per heavy atom. The van der Waals surface area contributed by atoms with Gasteiger partial charge < -0.3 is 10.6 Å². The van der Waals surface area contributed by atoms with Gasteiger partial charge in [0.05, 0.1) is 0 Å². The van der Waals surface area contributed by atoms with Crippen LogP contribution in [-0.4, -0.2) is 36.1 Å². The number of urea groups is 1. The molecule has 146 valence electrons. The second-order valence-electron chi connectivity index (χ2n) is 8.33. The number of amides is 2. The number of nitrogens with zero attached hydrogens (tertiary/aromatic N) is 1. The number of carbonyl (C=O) groups excluding carboxylic acids is 1. The van der Waals surface area contributed by atoms with Gasteiger partial charge >= 0.3 is 6.03 Å². The van der Waals surface area contributed by atoms with Crippen molar-refractivity contribution < 1.29 is 4.79 Å². The molecule has 0 saturated carbocycles. The van der Waals surface area contributed by atoms with Gasteiger partial charge in [-0.25, -0.2) is 4.79 Å². The fraction of sp³-hybridized carbons (Fsp3) is 0.667. The topological polar surface area (TPSA) is 44.4 Å². The van der Waals surface area contributed by atoms with Gasteiger partial charge in [-0.2, -0.15) is 0 Å². The van der Waals surface area contributed by atoms with Gasteiger partial charge in [0.1, 0.15) is 0 Å². The van der Waals surface area contributed by atoms with Gasteiger partial charge in [-0.3, -0.25) is 4.90 Å². The van der Waals surface area contributed by atoms with Crippen LogP contribution < -0.4 is 10.6 Å². The molecule has 1 saturated heterocycles. The zero-order valence-electron chi connectivity index (χ0n) is 16.5. The lowest BCUT2D eigenvalue weighted by Crippen LogP contribution is -2.46. The molecule has 4 nitrogen and oxygen atoms in total. The molecule has 1 aliphatic rings. The fourth-order valence-corrected chi connectivity index (χ4v) is 3.63. The summed E-state index contributed by atoms with van der Waals surface area (Å²) in [5.41, 5.74) is 1.35. The molecule has 0 spiro atoms. The molecule has 0 aromatic heterocycles. The Morgan fingerprint density at radius 2 is 1.77 bits per heavy atom. The van der Waals surface area contributed by atoms with Gasteiger partial charge in [0.25, 0.3) is 0 Å². The third-order valence-corrected chi connectivity index (χ3v) is 5.51. The number of hydrogen-bond acceptors (Lipinski definition) is 2. The summed E-state index contributed by atoms with van der Waals surface area (Å²) in [5, 5.41) is 6.53. The van der Waals surface area contributed by atoms with Crippen LogP contribution in [0.2, 0.25) is 5.02 Å². The van der Waals surface area contributed by atoms with Crippen LogP contribution in [0.5, 0.6) is 0 Å². The third kappa shape index (κ3) is 7.55. The van der Waals surface area contributed by atoms with Gasteiger partial charge in [-0.1, -0.05) is 36.6 Å². The predicted octanol–water partition coefficient (Wildman–Crippen LogP) is 4.82. The van der Waals surface area contributed by atoms with Crippen LogP contribution in [-0.2, 0) is 6.54 Å². The molecule has 1 fully saturated rings. The van der Waals surface area contributed by atoms with E-state index in [1.807, 2.05) is 24.3 Å². The quantitative estimate of drug-likeness (QED) is 0.667. The summed E-state index contributed by atoms with van der Waals surface area (Å²) in [6, 6.07) is 7.42. The number of nitrogens with one attached hydrogen (secondary N) is 2. The van der Waals surface area contributed by atoms with E-state index in [9.17, 15) is 4.79 Å². The Labute approximate surface area is 163 Å². The monoisotopic (exact) mass is 379 g/mol. The maximum absolute atomic E-state index is 11.8. The highest BCUT2D eigenvalue weighted by atomic mass is 35.5. The third-order valence-electron chi connectivity index (χ3n) is 5.25. The zero-order valence-corrected chi connectivity index (χ0v) is 17.2. The summed E-state index contributed by atoms with van der Waals surface area (Å²) in [7, 11) is 0. The maximum Gasteiger partial charge on any atom is 0.315 e. The predicted molar refractivity (Wildman–Crippen MR) is 110 cm³/mol. The van der Waals surface area contributed by atoms with Gasteiger partial charge in [-0.15, -0.1) is 0 Å². The van der Waals surface area contributed by atoms with Gasteiger partial charge in [0, 0.05) is 23.7 Å². The molecule has 1 aromatic carbocycles. The Hall–Kier alpha value is -1.26. The van der Waals surface area contributed by atoms with Gasteiger partial charge in [-0.05, 0) is 76.7 Å². The molecule has 2 N–H and O–H groups in total. The van der Waals surface area contributed by atoms with E-state index < -0.39 is 0 Å². The molecule has 26 heavy (non-hydrogen) atoms. The minimum atomic E-state index is -0.0987. The number of unbranched alkanes of at least 4 members (excludes halogenated alkanes) is 1. The molecule has 1 aliphatic heterocycles. The standard InChI is InChI=1S/C21H34ClN3O/c1-21(2,3)25-14-11-17(12-15-25)6-4-5-13-23-20(26)24-16-18-7-9-19(22)10-8-18/h7-10,17H,4-6,11-16H2,1-3H3,(H2,23,24,26). The lowest BCUT2D eigenvalue weighted by molar-refractivity contribution is 0.0847. The molecule has 2 rings (SSSR count). The van der Waals surface area contributed by atoms with Crippen LogP contribution in [0.4, 0.5) is 4.79 Å². The Bertz CT molecular complexity index is 545. The van der Waals surface area contributed by atoms with Crippen molar-refractivity contribution >= 4 is 17.6 Å². The van der Waals surface area contributed by atoms with Crippen LogP contribution >= 0.6 is 11.6 Å². The van der Waals surface area contributed by atoms with Crippen molar-refractivity contribution in [2.75, 3.05) is 19.6 Å². The van der Waals surface area contributed by atoms with Crippen LogP contribution in [0.25, 0.3) is 0 Å². The number of benzene rings is 1. The molecule has 0 bridgehead atoms. The molecule has 0 aliphatic carbocycles. The van der Waals surface area contributed by atoms with Crippen molar-refractivity contribution in [1.29, 1.82) is 0 Å². The minimum absolute atomic E-state index is 0.0987. The Balaban J connectivity index is 1.50. The first-order chi connectivity index (χ1) is 12.3. The lowest BCUT2D eigenvalue weighted by atomic mass is 9.89. The van der Waals surface area contributed by atoms with E-state index in [1.54, 1.807) is 0 Å². The van der Waals surface area contributed by atoms with Crippen LogP contribution in [0.1, 0.15) is 58.4 Å². The number of carbonyl (C=O) groups is 1. The number of piperidine rings is 1. The van der Waals surface area contributed by atoms with Crippen LogP contribution in [0.3, 0.4) is 0 Å². The second kappa shape index (κ2) is 10.2. The summed E-state index contributed by atoms with van der Waals surface area (Å²) in [6.07, 6.45) is 6.15. The van der Waals surface area contributed by atoms with E-state index in [0.717, 1.165) is 24.4 Å². The van der Waals surface area contributed by atoms with Gasteiger partial charge in [0.15, 0.2) is 0 Å². The molecule has 0 radical (unpaired) electrons. The maximum atomic E-state index is 11.8. The van der Waals surface area contributed by atoms with Crippen molar-refractivity contribution in [3.8, 4) is 0 Å². The second-order valence-corrected chi connectivity index (χ2v) is 8.77. The summed E-state index contributed by atoms with van der Waals surface area (Å²) in [4.78, 5) is 14.4. The fourth-order valence-electron chi connectivity index (χ4n) is 3.50. The summed E-state index contributed by atoms with van der Waals surface area (Å²) >= 11 is 5.85. The summed E-state index contributed by atoms with van der Waals surface area (Å²) in [5.74, 6) is 0.854. The van der Waals surface area contributed by atoms with E-state index in [1.165, 1.54) is 38.8 Å². The minimum Gasteiger partial charge on any atom is -0.338 e. The smallest absolute Gasteiger partial charge is 0.315 e. The molecule has 1 aromatic rings. The van der Waals surface area contributed by atoms with E-state index in [4.69, 9.17) is 11.6 Å². The van der Waals surface area contributed by atoms with E-state index in [-0.39, 0.29) is 6.03 Å². The highest BCUT2D eigenvalue weighted by Crippen LogP contribution is 2.26. The lowest BCUT2D eigenvalue weighted by Gasteiger charge is -2.41. The van der Waals surface area contributed by atoms with E-state index in [2.05, 4.69) is 36.3 Å². The van der Waals surface area contributed by atoms with Crippen molar-refractivity contribution in [2.45, 2.75) is 65.0 Å².